The maximum atomic E-state index is 10.4. The van der Waals surface area contributed by atoms with Crippen LogP contribution in [0.5, 0.6) is 0 Å². The van der Waals surface area contributed by atoms with E-state index in [1.54, 1.807) is 18.2 Å². The minimum Gasteiger partial charge on any atom is -0.481 e. The predicted molar refractivity (Wildman–Crippen MR) is 47.2 cm³/mol. The molecule has 0 amide bonds. The maximum absolute atomic E-state index is 10.4. The number of carboxylic acid groups (broad SMARTS) is 1. The van der Waals surface area contributed by atoms with Gasteiger partial charge < -0.3 is 5.11 Å². The summed E-state index contributed by atoms with van der Waals surface area (Å²) < 4.78 is 0. The topological polar surface area (TPSA) is 61.1 Å². The number of rotatable bonds is 2. The van der Waals surface area contributed by atoms with Gasteiger partial charge in [-0.2, -0.15) is 5.26 Å². The van der Waals surface area contributed by atoms with Crippen LogP contribution in [-0.2, 0) is 11.2 Å². The quantitative estimate of drug-likeness (QED) is 0.740. The minimum absolute atomic E-state index is 0.0314. The van der Waals surface area contributed by atoms with Crippen molar-refractivity contribution in [3.63, 3.8) is 0 Å². The van der Waals surface area contributed by atoms with Crippen LogP contribution in [0.4, 0.5) is 0 Å². The fourth-order valence-corrected chi connectivity index (χ4v) is 1.20. The maximum Gasteiger partial charge on any atom is 0.307 e. The SMILES string of the molecule is Cc1cc(C#N)cc(CC(=O)O)c1. The van der Waals surface area contributed by atoms with Gasteiger partial charge in [0.2, 0.25) is 0 Å². The van der Waals surface area contributed by atoms with Crippen LogP contribution in [0.3, 0.4) is 0 Å². The summed E-state index contributed by atoms with van der Waals surface area (Å²) in [4.78, 5) is 10.4. The molecule has 1 N–H and O–H groups in total. The van der Waals surface area contributed by atoms with E-state index in [9.17, 15) is 4.79 Å². The van der Waals surface area contributed by atoms with Gasteiger partial charge in [0.25, 0.3) is 0 Å². The van der Waals surface area contributed by atoms with Crippen LogP contribution >= 0.6 is 0 Å². The minimum atomic E-state index is -0.880. The van der Waals surface area contributed by atoms with Crippen LogP contribution in [-0.4, -0.2) is 11.1 Å². The van der Waals surface area contributed by atoms with Crippen molar-refractivity contribution >= 4 is 5.97 Å². The van der Waals surface area contributed by atoms with E-state index in [2.05, 4.69) is 0 Å². The Morgan fingerprint density at radius 2 is 2.23 bits per heavy atom. The first kappa shape index (κ1) is 9.27. The van der Waals surface area contributed by atoms with Crippen molar-refractivity contribution in [2.24, 2.45) is 0 Å². The van der Waals surface area contributed by atoms with Crippen molar-refractivity contribution in [1.82, 2.24) is 0 Å². The Balaban J connectivity index is 3.03. The molecule has 0 fully saturated rings. The van der Waals surface area contributed by atoms with Crippen LogP contribution in [0, 0.1) is 18.3 Å². The Kier molecular flexibility index (Phi) is 2.65. The summed E-state index contributed by atoms with van der Waals surface area (Å²) in [6.07, 6.45) is -0.0314. The van der Waals surface area contributed by atoms with Gasteiger partial charge in [-0.05, 0) is 30.2 Å². The summed E-state index contributed by atoms with van der Waals surface area (Å²) in [5.41, 5.74) is 2.09. The average molecular weight is 175 g/mol. The molecule has 1 rings (SSSR count). The number of benzene rings is 1. The summed E-state index contributed by atoms with van der Waals surface area (Å²) in [5.74, 6) is -0.880. The van der Waals surface area contributed by atoms with E-state index < -0.39 is 5.97 Å². The van der Waals surface area contributed by atoms with Crippen molar-refractivity contribution in [1.29, 1.82) is 5.26 Å². The third kappa shape index (κ3) is 2.60. The zero-order valence-corrected chi connectivity index (χ0v) is 7.24. The van der Waals surface area contributed by atoms with E-state index in [0.29, 0.717) is 11.1 Å². The van der Waals surface area contributed by atoms with Gasteiger partial charge in [0.1, 0.15) is 0 Å². The number of aliphatic carboxylic acids is 1. The lowest BCUT2D eigenvalue weighted by atomic mass is 10.1. The second kappa shape index (κ2) is 3.72. The first-order valence-corrected chi connectivity index (χ1v) is 3.84. The van der Waals surface area contributed by atoms with E-state index in [-0.39, 0.29) is 6.42 Å². The summed E-state index contributed by atoms with van der Waals surface area (Å²) in [7, 11) is 0. The lowest BCUT2D eigenvalue weighted by Gasteiger charge is -1.99. The fourth-order valence-electron chi connectivity index (χ4n) is 1.20. The van der Waals surface area contributed by atoms with E-state index in [1.165, 1.54) is 0 Å². The summed E-state index contributed by atoms with van der Waals surface area (Å²) in [5, 5.41) is 17.2. The Morgan fingerprint density at radius 3 is 2.77 bits per heavy atom. The Hall–Kier alpha value is -1.82. The molecule has 1 aromatic carbocycles. The van der Waals surface area contributed by atoms with Gasteiger partial charge in [0.05, 0.1) is 18.1 Å². The number of nitrogens with zero attached hydrogens (tertiary/aromatic N) is 1. The molecule has 0 radical (unpaired) electrons. The third-order valence-electron chi connectivity index (χ3n) is 1.62. The molecule has 3 nitrogen and oxygen atoms in total. The van der Waals surface area contributed by atoms with Crippen molar-refractivity contribution in [3.05, 3.63) is 34.9 Å². The van der Waals surface area contributed by atoms with E-state index in [4.69, 9.17) is 10.4 Å². The highest BCUT2D eigenvalue weighted by Gasteiger charge is 2.02. The van der Waals surface area contributed by atoms with Crippen LogP contribution < -0.4 is 0 Å². The zero-order valence-electron chi connectivity index (χ0n) is 7.24. The van der Waals surface area contributed by atoms with Crippen LogP contribution in [0.1, 0.15) is 16.7 Å². The molecule has 0 spiro atoms. The highest BCUT2D eigenvalue weighted by atomic mass is 16.4. The molecular formula is C10H9NO2. The molecule has 0 aliphatic carbocycles. The second-order valence-corrected chi connectivity index (χ2v) is 2.89. The molecule has 0 heterocycles. The molecule has 0 saturated heterocycles. The lowest BCUT2D eigenvalue weighted by molar-refractivity contribution is -0.136. The molecule has 0 aromatic heterocycles. The highest BCUT2D eigenvalue weighted by Crippen LogP contribution is 2.09. The van der Waals surface area contributed by atoms with Gasteiger partial charge in [-0.1, -0.05) is 6.07 Å². The Morgan fingerprint density at radius 1 is 1.54 bits per heavy atom. The molecule has 0 bridgehead atoms. The van der Waals surface area contributed by atoms with Gasteiger partial charge in [-0.3, -0.25) is 4.79 Å². The second-order valence-electron chi connectivity index (χ2n) is 2.89. The molecular weight excluding hydrogens is 166 g/mol. The molecule has 0 aliphatic rings. The average Bonchev–Trinajstić information content (AvgIpc) is 2.01. The molecule has 13 heavy (non-hydrogen) atoms. The van der Waals surface area contributed by atoms with Crippen molar-refractivity contribution < 1.29 is 9.90 Å². The smallest absolute Gasteiger partial charge is 0.307 e. The summed E-state index contributed by atoms with van der Waals surface area (Å²) in [6, 6.07) is 7.09. The normalized spacial score (nSPS) is 9.23. The molecule has 0 atom stereocenters. The van der Waals surface area contributed by atoms with Gasteiger partial charge in [-0.25, -0.2) is 0 Å². The lowest BCUT2D eigenvalue weighted by Crippen LogP contribution is -2.00. The van der Waals surface area contributed by atoms with E-state index >= 15 is 0 Å². The van der Waals surface area contributed by atoms with Crippen molar-refractivity contribution in [2.75, 3.05) is 0 Å². The van der Waals surface area contributed by atoms with Gasteiger partial charge >= 0.3 is 5.97 Å². The van der Waals surface area contributed by atoms with Crippen molar-refractivity contribution in [3.8, 4) is 6.07 Å². The number of hydrogen-bond acceptors (Lipinski definition) is 2. The fraction of sp³-hybridized carbons (Fsp3) is 0.200. The summed E-state index contributed by atoms with van der Waals surface area (Å²) in [6.45, 7) is 1.84. The highest BCUT2D eigenvalue weighted by molar-refractivity contribution is 5.70. The van der Waals surface area contributed by atoms with E-state index in [1.807, 2.05) is 13.0 Å². The largest absolute Gasteiger partial charge is 0.481 e. The number of carboxylic acids is 1. The number of nitriles is 1. The van der Waals surface area contributed by atoms with Crippen LogP contribution in [0.25, 0.3) is 0 Å². The third-order valence-corrected chi connectivity index (χ3v) is 1.62. The van der Waals surface area contributed by atoms with Gasteiger partial charge in [0.15, 0.2) is 0 Å². The first-order valence-electron chi connectivity index (χ1n) is 3.84. The van der Waals surface area contributed by atoms with Crippen molar-refractivity contribution in [2.45, 2.75) is 13.3 Å². The zero-order chi connectivity index (χ0) is 9.84. The summed E-state index contributed by atoms with van der Waals surface area (Å²) >= 11 is 0. The van der Waals surface area contributed by atoms with Gasteiger partial charge in [0, 0.05) is 0 Å². The number of hydrogen-bond donors (Lipinski definition) is 1. The first-order chi connectivity index (χ1) is 6.11. The number of aryl methyl sites for hydroxylation is 1. The van der Waals surface area contributed by atoms with Crippen LogP contribution in [0.15, 0.2) is 18.2 Å². The molecule has 0 unspecified atom stereocenters. The molecule has 0 aliphatic heterocycles. The molecule has 0 saturated carbocycles. The van der Waals surface area contributed by atoms with E-state index in [0.717, 1.165) is 5.56 Å². The molecule has 1 aromatic rings. The Bertz CT molecular complexity index is 377. The molecule has 3 heteroatoms. The standard InChI is InChI=1S/C10H9NO2/c1-7-2-8(5-10(12)13)4-9(3-7)6-11/h2-4H,5H2,1H3,(H,12,13). The van der Waals surface area contributed by atoms with Gasteiger partial charge in [-0.15, -0.1) is 0 Å². The molecule has 66 valence electrons. The predicted octanol–water partition coefficient (Wildman–Crippen LogP) is 1.49. The monoisotopic (exact) mass is 175 g/mol. The Labute approximate surface area is 76.2 Å². The number of carbonyl (C=O) groups is 1. The van der Waals surface area contributed by atoms with Crippen LogP contribution in [0.2, 0.25) is 0 Å².